The van der Waals surface area contributed by atoms with Gasteiger partial charge in [0.1, 0.15) is 28.5 Å². The minimum Gasteiger partial charge on any atom is -0.428 e. The lowest BCUT2D eigenvalue weighted by molar-refractivity contribution is 0.0207. The lowest BCUT2D eigenvalue weighted by Gasteiger charge is -2.19. The number of aryl methyl sites for hydroxylation is 1. The van der Waals surface area contributed by atoms with Crippen LogP contribution in [0.4, 0.5) is 10.6 Å². The van der Waals surface area contributed by atoms with E-state index in [1.807, 2.05) is 36.4 Å². The third-order valence-corrected chi connectivity index (χ3v) is 5.24. The largest absolute Gasteiger partial charge is 0.514 e. The van der Waals surface area contributed by atoms with Crippen LogP contribution < -0.4 is 10.5 Å². The fourth-order valence-corrected chi connectivity index (χ4v) is 3.77. The third kappa shape index (κ3) is 5.36. The van der Waals surface area contributed by atoms with Gasteiger partial charge in [-0.1, -0.05) is 49.4 Å². The van der Waals surface area contributed by atoms with Crippen LogP contribution in [0.15, 0.2) is 60.7 Å². The number of nitrogens with two attached hydrogens (primary N) is 1. The van der Waals surface area contributed by atoms with Crippen LogP contribution in [0.1, 0.15) is 45.5 Å². The first-order chi connectivity index (χ1) is 16.2. The van der Waals surface area contributed by atoms with Gasteiger partial charge in [0.05, 0.1) is 6.54 Å². The van der Waals surface area contributed by atoms with E-state index in [0.29, 0.717) is 18.1 Å². The van der Waals surface area contributed by atoms with E-state index >= 15 is 0 Å². The Labute approximate surface area is 199 Å². The van der Waals surface area contributed by atoms with Gasteiger partial charge >= 0.3 is 6.16 Å². The van der Waals surface area contributed by atoms with Gasteiger partial charge in [0.25, 0.3) is 0 Å². The van der Waals surface area contributed by atoms with Crippen molar-refractivity contribution in [2.24, 2.45) is 0 Å². The van der Waals surface area contributed by atoms with Gasteiger partial charge in [0, 0.05) is 12.0 Å². The normalized spacial score (nSPS) is 11.5. The van der Waals surface area contributed by atoms with Crippen LogP contribution in [0.3, 0.4) is 0 Å². The number of pyridine rings is 1. The van der Waals surface area contributed by atoms with Crippen LogP contribution in [0.2, 0.25) is 0 Å². The first kappa shape index (κ1) is 23.3. The molecule has 0 amide bonds. The van der Waals surface area contributed by atoms with E-state index in [4.69, 9.17) is 20.2 Å². The maximum absolute atomic E-state index is 12.2. The first-order valence-corrected chi connectivity index (χ1v) is 11.4. The van der Waals surface area contributed by atoms with E-state index in [1.165, 1.54) is 0 Å². The van der Waals surface area contributed by atoms with Crippen molar-refractivity contribution in [3.8, 4) is 16.9 Å². The Kier molecular flexibility index (Phi) is 6.54. The Hall–Kier alpha value is -3.87. The number of hydrogen-bond donors (Lipinski definition) is 1. The fraction of sp³-hybridized carbons (Fsp3) is 0.296. The molecule has 176 valence electrons. The molecule has 0 fully saturated rings. The molecule has 2 heterocycles. The topological polar surface area (TPSA) is 92.3 Å². The molecule has 2 aromatic carbocycles. The number of hydrogen-bond acceptors (Lipinski definition) is 6. The van der Waals surface area contributed by atoms with Crippen molar-refractivity contribution in [2.75, 3.05) is 5.73 Å². The van der Waals surface area contributed by atoms with Crippen molar-refractivity contribution in [2.45, 2.75) is 52.7 Å². The summed E-state index contributed by atoms with van der Waals surface area (Å²) in [5.74, 6) is 1.93. The quantitative estimate of drug-likeness (QED) is 0.282. The van der Waals surface area contributed by atoms with Gasteiger partial charge < -0.3 is 19.8 Å². The molecule has 7 heteroatoms. The molecule has 0 aliphatic rings. The summed E-state index contributed by atoms with van der Waals surface area (Å²) < 4.78 is 12.9. The second kappa shape index (κ2) is 9.55. The maximum Gasteiger partial charge on any atom is 0.514 e. The summed E-state index contributed by atoms with van der Waals surface area (Å²) in [7, 11) is 0. The summed E-state index contributed by atoms with van der Waals surface area (Å²) in [4.78, 5) is 21.5. The smallest absolute Gasteiger partial charge is 0.428 e. The van der Waals surface area contributed by atoms with Crippen LogP contribution in [0, 0.1) is 0 Å². The number of para-hydroxylation sites is 1. The van der Waals surface area contributed by atoms with Gasteiger partial charge in [-0.3, -0.25) is 0 Å². The van der Waals surface area contributed by atoms with Crippen molar-refractivity contribution in [3.05, 3.63) is 72.1 Å². The molecule has 0 aliphatic heterocycles. The molecule has 34 heavy (non-hydrogen) atoms. The number of ether oxygens (including phenoxy) is 2. The summed E-state index contributed by atoms with van der Waals surface area (Å²) in [6, 6.07) is 19.3. The minimum absolute atomic E-state index is 0.454. The molecule has 0 atom stereocenters. The van der Waals surface area contributed by atoms with Crippen LogP contribution in [-0.2, 0) is 17.7 Å². The SMILES string of the molecule is CCCc1nc2ccc(N)nc2n1Cc1ccc(-c2ccccc2OC(=O)OC(C)(C)C)cc1. The standard InChI is InChI=1S/C27H30N4O3/c1-5-8-24-29-21-15-16-23(28)30-25(21)31(24)17-18-11-13-19(14-12-18)20-9-6-7-10-22(20)33-26(32)34-27(2,3)4/h6-7,9-16H,5,8,17H2,1-4H3,(H2,28,30). The van der Waals surface area contributed by atoms with E-state index in [0.717, 1.165) is 46.5 Å². The Bertz CT molecular complexity index is 1300. The summed E-state index contributed by atoms with van der Waals surface area (Å²) in [6.07, 6.45) is 1.13. The van der Waals surface area contributed by atoms with Gasteiger partial charge in [0.2, 0.25) is 0 Å². The number of nitrogens with zero attached hydrogens (tertiary/aromatic N) is 3. The average molecular weight is 459 g/mol. The molecule has 2 aromatic heterocycles. The minimum atomic E-state index is -0.723. The highest BCUT2D eigenvalue weighted by molar-refractivity contribution is 5.75. The Balaban J connectivity index is 1.59. The lowest BCUT2D eigenvalue weighted by atomic mass is 10.0. The number of fused-ring (bicyclic) bond motifs is 1. The number of benzene rings is 2. The Morgan fingerprint density at radius 1 is 1.00 bits per heavy atom. The molecule has 0 radical (unpaired) electrons. The van der Waals surface area contributed by atoms with Crippen LogP contribution in [0.5, 0.6) is 5.75 Å². The molecule has 0 bridgehead atoms. The highest BCUT2D eigenvalue weighted by Gasteiger charge is 2.19. The number of anilines is 1. The molecule has 2 N–H and O–H groups in total. The average Bonchev–Trinajstić information content (AvgIpc) is 3.10. The van der Waals surface area contributed by atoms with Gasteiger partial charge in [-0.25, -0.2) is 14.8 Å². The number of carbonyl (C=O) groups excluding carboxylic acids is 1. The monoisotopic (exact) mass is 458 g/mol. The highest BCUT2D eigenvalue weighted by Crippen LogP contribution is 2.31. The predicted molar refractivity (Wildman–Crippen MR) is 134 cm³/mol. The molecular formula is C27H30N4O3. The van der Waals surface area contributed by atoms with E-state index in [1.54, 1.807) is 32.9 Å². The molecule has 0 unspecified atom stereocenters. The zero-order chi connectivity index (χ0) is 24.3. The second-order valence-corrected chi connectivity index (χ2v) is 9.20. The zero-order valence-electron chi connectivity index (χ0n) is 20.0. The molecule has 0 saturated carbocycles. The number of nitrogen functional groups attached to an aromatic ring is 1. The summed E-state index contributed by atoms with van der Waals surface area (Å²) in [5.41, 5.74) is 9.82. The summed E-state index contributed by atoms with van der Waals surface area (Å²) in [6.45, 7) is 8.18. The van der Waals surface area contributed by atoms with E-state index in [2.05, 4.69) is 28.6 Å². The van der Waals surface area contributed by atoms with Crippen molar-refractivity contribution >= 4 is 23.1 Å². The zero-order valence-corrected chi connectivity index (χ0v) is 20.0. The van der Waals surface area contributed by atoms with Gasteiger partial charge in [-0.2, -0.15) is 0 Å². The molecule has 0 aliphatic carbocycles. The number of carbonyl (C=O) groups is 1. The van der Waals surface area contributed by atoms with Crippen molar-refractivity contribution in [1.29, 1.82) is 0 Å². The Morgan fingerprint density at radius 3 is 2.44 bits per heavy atom. The van der Waals surface area contributed by atoms with Gasteiger partial charge in [0.15, 0.2) is 5.65 Å². The third-order valence-electron chi connectivity index (χ3n) is 5.24. The van der Waals surface area contributed by atoms with Crippen molar-refractivity contribution < 1.29 is 14.3 Å². The van der Waals surface area contributed by atoms with Crippen LogP contribution in [0.25, 0.3) is 22.3 Å². The number of aromatic nitrogens is 3. The van der Waals surface area contributed by atoms with E-state index < -0.39 is 11.8 Å². The predicted octanol–water partition coefficient (Wildman–Crippen LogP) is 6.00. The molecule has 0 spiro atoms. The maximum atomic E-state index is 12.2. The number of imidazole rings is 1. The first-order valence-electron chi connectivity index (χ1n) is 11.4. The van der Waals surface area contributed by atoms with E-state index in [-0.39, 0.29) is 0 Å². The molecule has 4 aromatic rings. The van der Waals surface area contributed by atoms with Gasteiger partial charge in [-0.15, -0.1) is 0 Å². The lowest BCUT2D eigenvalue weighted by Crippen LogP contribution is -2.26. The summed E-state index contributed by atoms with van der Waals surface area (Å²) >= 11 is 0. The van der Waals surface area contributed by atoms with Crippen LogP contribution in [-0.4, -0.2) is 26.3 Å². The van der Waals surface area contributed by atoms with Crippen molar-refractivity contribution in [1.82, 2.24) is 14.5 Å². The molecular weight excluding hydrogens is 428 g/mol. The number of rotatable bonds is 6. The fourth-order valence-electron chi connectivity index (χ4n) is 3.77. The summed E-state index contributed by atoms with van der Waals surface area (Å²) in [5, 5.41) is 0. The molecule has 7 nitrogen and oxygen atoms in total. The van der Waals surface area contributed by atoms with E-state index in [9.17, 15) is 4.79 Å². The van der Waals surface area contributed by atoms with Gasteiger partial charge in [-0.05, 0) is 56.5 Å². The Morgan fingerprint density at radius 2 is 1.74 bits per heavy atom. The molecule has 4 rings (SSSR count). The highest BCUT2D eigenvalue weighted by atomic mass is 16.7. The van der Waals surface area contributed by atoms with Crippen molar-refractivity contribution in [3.63, 3.8) is 0 Å². The molecule has 0 saturated heterocycles. The second-order valence-electron chi connectivity index (χ2n) is 9.20. The van der Waals surface area contributed by atoms with Crippen LogP contribution >= 0.6 is 0 Å².